The predicted octanol–water partition coefficient (Wildman–Crippen LogP) is 43.1. The Kier molecular flexibility index (Phi) is 73.9. The summed E-state index contributed by atoms with van der Waals surface area (Å²) in [5, 5.41) is 0. The number of hydrogen-bond donors (Lipinski definition) is 9. The van der Waals surface area contributed by atoms with Crippen molar-refractivity contribution in [3.63, 3.8) is 0 Å². The Morgan fingerprint density at radius 2 is 0.326 bits per heavy atom. The summed E-state index contributed by atoms with van der Waals surface area (Å²) in [4.78, 5) is 8.55. The zero-order chi connectivity index (χ0) is 103. The molecule has 0 amide bonds. The Morgan fingerprint density at radius 3 is 0.578 bits per heavy atom. The molecule has 0 saturated carbocycles. The average molecular weight is 1970 g/mol. The Labute approximate surface area is 875 Å². The minimum absolute atomic E-state index is 0.364. The van der Waals surface area contributed by atoms with Crippen LogP contribution < -0.4 is 0 Å². The first-order valence-corrected chi connectivity index (χ1v) is 53.6. The van der Waals surface area contributed by atoms with Crippen LogP contribution in [0.25, 0.3) is 66.8 Å². The molecule has 0 saturated heterocycles. The van der Waals surface area contributed by atoms with Gasteiger partial charge in [0.05, 0.1) is 0 Å². The third-order valence-corrected chi connectivity index (χ3v) is 23.6. The average Bonchev–Trinajstić information content (AvgIpc) is 0.745. The molecule has 15 aromatic rings. The monoisotopic (exact) mass is 1970 g/mol. The Balaban J connectivity index is -0.00000169. The SMILES string of the molecule is CC.CC.CC.CC.CC.CC.CC.CC.CC.CC.CC.CC.CC.CC.CC.CC(c1ccccc1)(c1cc(-c2ccc(S)cc2)ccc1S)c1cc(-c2ccc(S)cc2)ccc1S.CC(c1ccccc1)(c1ccc(S)c(-c2ccccc2)c1)c1ccc(S)c(-c2ccccc2)c1.CC(c1ccccc1)(c1ccc(S)c(-c2ccccc2)c1)c1ccc(S)c(-c2ccccc2S)c1. The van der Waals surface area contributed by atoms with Gasteiger partial charge in [-0.15, -0.1) is 114 Å². The maximum Gasteiger partial charge on any atom is 0.0445 e. The van der Waals surface area contributed by atoms with E-state index in [1.165, 1.54) is 50.1 Å². The Hall–Kier alpha value is -8.55. The standard InChI is InChI=1S/C32H26S4.C32H26S3.C32H26S2.15C2H6/c1-32(25-5-3-2-4-6-25,28-19-23(11-17-30(28)35)21-7-13-26(33)14-8-21)29-20-24(12-18-31(29)36)22-9-15-27(34)16-10-22;1-32(23-12-6-3-7-13-23,24-16-18-30(34)27(20-24)22-10-4-2-5-11-22)25-17-19-31(35)28(21-25)26-14-8-9-15-29(26)33;1-32(25-15-9-4-10-16-25,26-17-19-30(33)28(21-26)23-11-5-2-6-12-23)27-18-20-31(34)29(22-27)24-13-7-3-8-14-24;15*1-2/h2-20,33-36H,1H3;2-21,33-35H,1H3;2-22,33-34H,1H3;15*1-2H3. The van der Waals surface area contributed by atoms with Crippen molar-refractivity contribution >= 4 is 114 Å². The minimum atomic E-state index is -0.492. The summed E-state index contributed by atoms with van der Waals surface area (Å²) in [6.07, 6.45) is 0. The number of rotatable bonds is 15. The van der Waals surface area contributed by atoms with Crippen molar-refractivity contribution in [2.75, 3.05) is 0 Å². The summed E-state index contributed by atoms with van der Waals surface area (Å²) < 4.78 is 0. The van der Waals surface area contributed by atoms with E-state index in [1.807, 2.05) is 268 Å². The van der Waals surface area contributed by atoms with Gasteiger partial charge in [0.15, 0.2) is 0 Å². The normalized spacial score (nSPS) is 9.91. The van der Waals surface area contributed by atoms with Crippen molar-refractivity contribution in [2.24, 2.45) is 0 Å². The second kappa shape index (κ2) is 76.4. The molecule has 0 fully saturated rings. The molecule has 726 valence electrons. The third-order valence-electron chi connectivity index (χ3n) is 20.3. The molecule has 0 spiro atoms. The van der Waals surface area contributed by atoms with E-state index in [9.17, 15) is 0 Å². The summed E-state index contributed by atoms with van der Waals surface area (Å²) >= 11 is 42.8. The highest BCUT2D eigenvalue weighted by Crippen LogP contribution is 2.49. The Morgan fingerprint density at radius 1 is 0.133 bits per heavy atom. The second-order valence-electron chi connectivity index (χ2n) is 26.6. The molecule has 0 heterocycles. The van der Waals surface area contributed by atoms with Crippen LogP contribution in [-0.2, 0) is 16.2 Å². The highest BCUT2D eigenvalue weighted by molar-refractivity contribution is 7.81. The van der Waals surface area contributed by atoms with E-state index >= 15 is 0 Å². The van der Waals surface area contributed by atoms with Crippen LogP contribution in [0, 0.1) is 0 Å². The molecule has 0 N–H and O–H groups in total. The fourth-order valence-corrected chi connectivity index (χ4v) is 16.5. The molecule has 9 heteroatoms. The van der Waals surface area contributed by atoms with Crippen LogP contribution in [0.5, 0.6) is 0 Å². The molecule has 15 aromatic carbocycles. The lowest BCUT2D eigenvalue weighted by Gasteiger charge is -2.35. The lowest BCUT2D eigenvalue weighted by molar-refractivity contribution is 0.664. The van der Waals surface area contributed by atoms with E-state index < -0.39 is 10.8 Å². The van der Waals surface area contributed by atoms with Crippen molar-refractivity contribution in [1.29, 1.82) is 0 Å². The van der Waals surface area contributed by atoms with Crippen molar-refractivity contribution < 1.29 is 0 Å². The summed E-state index contributed by atoms with van der Waals surface area (Å²) in [5.41, 5.74) is 23.1. The molecule has 1 unspecified atom stereocenters. The Bertz CT molecular complexity index is 5300. The van der Waals surface area contributed by atoms with Gasteiger partial charge in [0.25, 0.3) is 0 Å². The first-order chi connectivity index (χ1) is 65.9. The highest BCUT2D eigenvalue weighted by Gasteiger charge is 2.37. The van der Waals surface area contributed by atoms with Crippen molar-refractivity contribution in [3.8, 4) is 66.8 Å². The van der Waals surface area contributed by atoms with Crippen LogP contribution in [0.3, 0.4) is 0 Å². The number of thiol groups is 9. The highest BCUT2D eigenvalue weighted by atomic mass is 32.1. The number of hydrogen-bond acceptors (Lipinski definition) is 9. The van der Waals surface area contributed by atoms with Gasteiger partial charge in [0, 0.05) is 60.3 Å². The molecule has 135 heavy (non-hydrogen) atoms. The molecule has 0 aromatic heterocycles. The molecule has 0 aliphatic heterocycles. The molecule has 1 atom stereocenters. The lowest BCUT2D eigenvalue weighted by Crippen LogP contribution is -2.27. The van der Waals surface area contributed by atoms with Gasteiger partial charge >= 0.3 is 0 Å². The first kappa shape index (κ1) is 131. The molecule has 0 radical (unpaired) electrons. The lowest BCUT2D eigenvalue weighted by atomic mass is 9.70. The zero-order valence-corrected chi connectivity index (χ0v) is 96.2. The summed E-state index contributed by atoms with van der Waals surface area (Å²) in [7, 11) is 0. The molecule has 0 bridgehead atoms. The summed E-state index contributed by atoms with van der Waals surface area (Å²) in [5.74, 6) is 0. The van der Waals surface area contributed by atoms with Gasteiger partial charge in [-0.3, -0.25) is 0 Å². The van der Waals surface area contributed by atoms with Gasteiger partial charge < -0.3 is 0 Å². The van der Waals surface area contributed by atoms with E-state index in [0.29, 0.717) is 0 Å². The fourth-order valence-electron chi connectivity index (χ4n) is 14.2. The molecule has 15 rings (SSSR count). The molecule has 0 nitrogen and oxygen atoms in total. The quantitative estimate of drug-likeness (QED) is 0.0355. The topological polar surface area (TPSA) is 0 Å². The predicted molar refractivity (Wildman–Crippen MR) is 643 cm³/mol. The summed E-state index contributed by atoms with van der Waals surface area (Å²) in [6, 6.07) is 127. The van der Waals surface area contributed by atoms with Crippen molar-refractivity contribution in [1.82, 2.24) is 0 Å². The number of benzene rings is 15. The largest absolute Gasteiger partial charge is 0.143 e. The van der Waals surface area contributed by atoms with E-state index in [1.54, 1.807) is 0 Å². The smallest absolute Gasteiger partial charge is 0.0445 e. The van der Waals surface area contributed by atoms with Crippen LogP contribution >= 0.6 is 114 Å². The van der Waals surface area contributed by atoms with Gasteiger partial charge in [-0.2, -0.15) is 0 Å². The van der Waals surface area contributed by atoms with E-state index in [4.69, 9.17) is 88.4 Å². The van der Waals surface area contributed by atoms with Crippen molar-refractivity contribution in [3.05, 3.63) is 414 Å². The van der Waals surface area contributed by atoms with E-state index in [0.717, 1.165) is 111 Å². The first-order valence-electron chi connectivity index (χ1n) is 49.6. The third kappa shape index (κ3) is 37.3. The van der Waals surface area contributed by atoms with Crippen molar-refractivity contribution in [2.45, 2.75) is 289 Å². The van der Waals surface area contributed by atoms with Crippen LogP contribution in [0.4, 0.5) is 0 Å². The van der Waals surface area contributed by atoms with Crippen LogP contribution in [-0.4, -0.2) is 0 Å². The van der Waals surface area contributed by atoms with Gasteiger partial charge in [-0.05, 0) is 241 Å². The summed E-state index contributed by atoms with van der Waals surface area (Å²) in [6.45, 7) is 66.9. The zero-order valence-electron chi connectivity index (χ0n) is 88.2. The molecule has 0 aliphatic rings. The van der Waals surface area contributed by atoms with Gasteiger partial charge in [0.1, 0.15) is 0 Å². The fraction of sp³-hybridized carbons (Fsp3) is 0.286. The van der Waals surface area contributed by atoms with Gasteiger partial charge in [-0.25, -0.2) is 0 Å². The molecule has 0 aliphatic carbocycles. The molecular weight excluding hydrogens is 1800 g/mol. The maximum atomic E-state index is 4.96. The van der Waals surface area contributed by atoms with Crippen LogP contribution in [0.15, 0.2) is 408 Å². The van der Waals surface area contributed by atoms with Crippen LogP contribution in [0.2, 0.25) is 0 Å². The molecular formula is C126H168S9. The van der Waals surface area contributed by atoms with E-state index in [-0.39, 0.29) is 5.41 Å². The van der Waals surface area contributed by atoms with Crippen LogP contribution in [0.1, 0.15) is 279 Å². The van der Waals surface area contributed by atoms with Gasteiger partial charge in [0.2, 0.25) is 0 Å². The second-order valence-corrected chi connectivity index (χ2v) is 31.0. The maximum absolute atomic E-state index is 4.96. The minimum Gasteiger partial charge on any atom is -0.143 e. The van der Waals surface area contributed by atoms with Gasteiger partial charge in [-0.1, -0.05) is 469 Å². The van der Waals surface area contributed by atoms with E-state index in [2.05, 4.69) is 349 Å².